The fraction of sp³-hybridized carbons (Fsp3) is 0.231. The number of aromatic amines is 1. The van der Waals surface area contributed by atoms with Crippen molar-refractivity contribution in [2.75, 3.05) is 45.2 Å². The van der Waals surface area contributed by atoms with Crippen molar-refractivity contribution in [3.05, 3.63) is 70.4 Å². The van der Waals surface area contributed by atoms with Crippen LogP contribution in [-0.2, 0) is 0 Å². The fourth-order valence-corrected chi connectivity index (χ4v) is 4.52. The summed E-state index contributed by atoms with van der Waals surface area (Å²) < 4.78 is 5.34. The molecule has 9 heteroatoms. The number of H-pyrrole nitrogens is 1. The molecule has 0 saturated carbocycles. The number of fused-ring (bicyclic) bond motifs is 2. The van der Waals surface area contributed by atoms with E-state index in [2.05, 4.69) is 42.0 Å². The molecule has 2 aromatic carbocycles. The van der Waals surface area contributed by atoms with E-state index in [9.17, 15) is 5.11 Å². The Morgan fingerprint density at radius 2 is 1.80 bits per heavy atom. The summed E-state index contributed by atoms with van der Waals surface area (Å²) >= 11 is 0. The molecular formula is C26H25N7O2. The Bertz CT molecular complexity index is 1570. The van der Waals surface area contributed by atoms with Crippen LogP contribution in [-0.4, -0.2) is 65.3 Å². The van der Waals surface area contributed by atoms with Crippen LogP contribution in [0.1, 0.15) is 11.1 Å². The van der Waals surface area contributed by atoms with E-state index < -0.39 is 0 Å². The molecule has 1 saturated heterocycles. The van der Waals surface area contributed by atoms with Crippen LogP contribution in [0.15, 0.2) is 59.0 Å². The number of ether oxygens (including phenoxy) is 1. The van der Waals surface area contributed by atoms with Gasteiger partial charge in [0.1, 0.15) is 11.4 Å². The van der Waals surface area contributed by atoms with E-state index in [1.165, 1.54) is 0 Å². The van der Waals surface area contributed by atoms with Gasteiger partial charge in [-0.25, -0.2) is 9.97 Å². The maximum absolute atomic E-state index is 10.5. The molecular weight excluding hydrogens is 442 g/mol. The number of nitrogens with one attached hydrogen (secondary N) is 1. The predicted octanol–water partition coefficient (Wildman–Crippen LogP) is 2.51. The third-order valence-electron chi connectivity index (χ3n) is 6.57. The number of aromatic hydroxyl groups is 1. The van der Waals surface area contributed by atoms with E-state index in [0.29, 0.717) is 5.56 Å². The first-order valence-electron chi connectivity index (χ1n) is 11.5. The normalized spacial score (nSPS) is 16.3. The number of anilines is 1. The third-order valence-corrected chi connectivity index (χ3v) is 6.57. The van der Waals surface area contributed by atoms with Gasteiger partial charge < -0.3 is 24.6 Å². The number of azo groups is 1. The molecule has 0 spiro atoms. The molecule has 4 aromatic rings. The molecule has 2 aliphatic heterocycles. The zero-order valence-corrected chi connectivity index (χ0v) is 19.6. The average molecular weight is 468 g/mol. The highest BCUT2D eigenvalue weighted by atomic mass is 16.5. The molecule has 35 heavy (non-hydrogen) atoms. The molecule has 176 valence electrons. The van der Waals surface area contributed by atoms with E-state index >= 15 is 0 Å². The Kier molecular flexibility index (Phi) is 5.18. The first kappa shape index (κ1) is 21.3. The zero-order chi connectivity index (χ0) is 23.9. The van der Waals surface area contributed by atoms with Crippen molar-refractivity contribution in [3.63, 3.8) is 0 Å². The Morgan fingerprint density at radius 3 is 2.57 bits per heavy atom. The predicted molar refractivity (Wildman–Crippen MR) is 135 cm³/mol. The summed E-state index contributed by atoms with van der Waals surface area (Å²) in [6.07, 6.45) is 5.57. The summed E-state index contributed by atoms with van der Waals surface area (Å²) in [6, 6.07) is 11.6. The van der Waals surface area contributed by atoms with Gasteiger partial charge in [0.25, 0.3) is 0 Å². The largest absolute Gasteiger partial charge is 0.497 e. The summed E-state index contributed by atoms with van der Waals surface area (Å²) in [4.78, 5) is 16.7. The van der Waals surface area contributed by atoms with Gasteiger partial charge in [-0.2, -0.15) is 0 Å². The van der Waals surface area contributed by atoms with Crippen LogP contribution < -0.4 is 20.1 Å². The minimum atomic E-state index is 0.111. The number of methoxy groups -OCH3 is 1. The van der Waals surface area contributed by atoms with Crippen LogP contribution >= 0.6 is 0 Å². The van der Waals surface area contributed by atoms with Crippen molar-refractivity contribution in [1.29, 1.82) is 0 Å². The number of hydrogen-bond donors (Lipinski definition) is 2. The number of likely N-dealkylation sites (N-methyl/N-ethyl adjacent to an activating group) is 1. The van der Waals surface area contributed by atoms with Gasteiger partial charge in [0.15, 0.2) is 5.88 Å². The molecule has 2 N–H and O–H groups in total. The maximum Gasteiger partial charge on any atom is 0.225 e. The molecule has 2 aliphatic rings. The summed E-state index contributed by atoms with van der Waals surface area (Å²) in [6.45, 7) is 3.86. The topological polar surface area (TPSA) is 102 Å². The van der Waals surface area contributed by atoms with E-state index in [1.807, 2.05) is 54.9 Å². The first-order valence-corrected chi connectivity index (χ1v) is 11.5. The Labute approximate surface area is 201 Å². The number of nitrogens with zero attached hydrogens (tertiary/aromatic N) is 6. The zero-order valence-electron chi connectivity index (χ0n) is 19.6. The lowest BCUT2D eigenvalue weighted by Gasteiger charge is -2.32. The summed E-state index contributed by atoms with van der Waals surface area (Å²) in [7, 11) is 3.76. The average Bonchev–Trinajstić information content (AvgIpc) is 3.44. The minimum absolute atomic E-state index is 0.111. The van der Waals surface area contributed by atoms with E-state index in [4.69, 9.17) is 4.74 Å². The quantitative estimate of drug-likeness (QED) is 0.478. The second-order valence-corrected chi connectivity index (χ2v) is 8.83. The van der Waals surface area contributed by atoms with E-state index in [1.54, 1.807) is 7.11 Å². The molecule has 4 heterocycles. The van der Waals surface area contributed by atoms with Gasteiger partial charge in [-0.3, -0.25) is 0 Å². The van der Waals surface area contributed by atoms with Crippen molar-refractivity contribution >= 4 is 34.3 Å². The fourth-order valence-electron chi connectivity index (χ4n) is 4.52. The van der Waals surface area contributed by atoms with E-state index in [-0.39, 0.29) is 5.88 Å². The maximum atomic E-state index is 10.5. The van der Waals surface area contributed by atoms with E-state index in [0.717, 1.165) is 76.2 Å². The molecule has 0 aliphatic carbocycles. The molecule has 0 unspecified atom stereocenters. The van der Waals surface area contributed by atoms with Crippen molar-refractivity contribution in [1.82, 2.24) is 19.9 Å². The van der Waals surface area contributed by atoms with Crippen LogP contribution in [0.4, 0.5) is 11.6 Å². The smallest absolute Gasteiger partial charge is 0.225 e. The summed E-state index contributed by atoms with van der Waals surface area (Å²) in [5.74, 6) is 1.59. The monoisotopic (exact) mass is 467 g/mol. The van der Waals surface area contributed by atoms with Gasteiger partial charge in [0.2, 0.25) is 5.95 Å². The number of piperazine rings is 1. The van der Waals surface area contributed by atoms with Crippen molar-refractivity contribution < 1.29 is 9.84 Å². The standard InChI is InChI=1S/C26H25N7O2/c1-32-7-9-33(10-8-32)26-27-14-17(15-28-26)24-19-5-3-16(12-23(19)30-31-24)11-21-20-13-18(35-2)4-6-22(20)29-25(21)34/h3-6,11-15,29,34H,7-10H2,1-2H3/b16-11-. The second kappa shape index (κ2) is 8.52. The van der Waals surface area contributed by atoms with Crippen LogP contribution in [0.2, 0.25) is 0 Å². The molecule has 1 fully saturated rings. The van der Waals surface area contributed by atoms with Crippen molar-refractivity contribution in [2.24, 2.45) is 10.2 Å². The molecule has 0 amide bonds. The summed E-state index contributed by atoms with van der Waals surface area (Å²) in [5.41, 5.74) is 3.91. The van der Waals surface area contributed by atoms with Gasteiger partial charge >= 0.3 is 0 Å². The minimum Gasteiger partial charge on any atom is -0.497 e. The lowest BCUT2D eigenvalue weighted by Crippen LogP contribution is -2.45. The SMILES string of the molecule is COc1ccc2[nH]c(O)c(/C=c3/ccc4c(c3)N=NC=4c3cnc(N4CCN(C)CC4)nc3)c2c1. The number of rotatable bonds is 4. The van der Waals surface area contributed by atoms with Crippen molar-refractivity contribution in [3.8, 4) is 11.6 Å². The number of aromatic nitrogens is 3. The van der Waals surface area contributed by atoms with Crippen molar-refractivity contribution in [2.45, 2.75) is 0 Å². The van der Waals surface area contributed by atoms with Gasteiger partial charge in [0, 0.05) is 65.8 Å². The lowest BCUT2D eigenvalue weighted by atomic mass is 10.1. The van der Waals surface area contributed by atoms with Gasteiger partial charge in [-0.15, -0.1) is 10.2 Å². The van der Waals surface area contributed by atoms with Crippen LogP contribution in [0.25, 0.3) is 22.7 Å². The van der Waals surface area contributed by atoms with Gasteiger partial charge in [-0.1, -0.05) is 6.07 Å². The highest BCUT2D eigenvalue weighted by Crippen LogP contribution is 2.31. The number of hydrogen-bond acceptors (Lipinski definition) is 8. The molecule has 0 bridgehead atoms. The van der Waals surface area contributed by atoms with Crippen LogP contribution in [0.5, 0.6) is 11.6 Å². The molecule has 2 aromatic heterocycles. The van der Waals surface area contributed by atoms with Crippen LogP contribution in [0.3, 0.4) is 0 Å². The Morgan fingerprint density at radius 1 is 1.00 bits per heavy atom. The Balaban J connectivity index is 1.34. The third kappa shape index (κ3) is 3.89. The number of benzene rings is 2. The van der Waals surface area contributed by atoms with Gasteiger partial charge in [0.05, 0.1) is 12.8 Å². The van der Waals surface area contributed by atoms with Crippen LogP contribution in [0, 0.1) is 0 Å². The Hall–Kier alpha value is -4.24. The lowest BCUT2D eigenvalue weighted by molar-refractivity contribution is 0.311. The molecule has 9 nitrogen and oxygen atoms in total. The molecule has 0 atom stereocenters. The molecule has 6 rings (SSSR count). The highest BCUT2D eigenvalue weighted by Gasteiger charge is 2.18. The van der Waals surface area contributed by atoms with Gasteiger partial charge in [-0.05, 0) is 48.7 Å². The second-order valence-electron chi connectivity index (χ2n) is 8.83. The first-order chi connectivity index (χ1) is 17.1. The summed E-state index contributed by atoms with van der Waals surface area (Å²) in [5, 5.41) is 22.0. The molecule has 0 radical (unpaired) electrons. The highest BCUT2D eigenvalue weighted by molar-refractivity contribution is 5.92.